The predicted octanol–water partition coefficient (Wildman–Crippen LogP) is 4.12. The van der Waals surface area contributed by atoms with Gasteiger partial charge in [-0.3, -0.25) is 0 Å². The Balaban J connectivity index is 1.91. The maximum Gasteiger partial charge on any atom is 0.242 e. The summed E-state index contributed by atoms with van der Waals surface area (Å²) >= 11 is 6.27. The first-order valence-corrected chi connectivity index (χ1v) is 13.6. The van der Waals surface area contributed by atoms with Crippen LogP contribution in [0.5, 0.6) is 0 Å². The molecule has 164 valence electrons. The molecule has 0 fully saturated rings. The van der Waals surface area contributed by atoms with E-state index < -0.39 is 17.2 Å². The first kappa shape index (κ1) is 23.2. The van der Waals surface area contributed by atoms with Crippen molar-refractivity contribution in [1.29, 1.82) is 0 Å². The van der Waals surface area contributed by atoms with E-state index in [0.717, 1.165) is 4.31 Å². The van der Waals surface area contributed by atoms with Crippen LogP contribution in [-0.4, -0.2) is 50.1 Å². The number of nitrogens with one attached hydrogen (secondary N) is 2. The number of sulfonamides is 1. The molecule has 11 heteroatoms. The Kier molecular flexibility index (Phi) is 6.71. The lowest BCUT2D eigenvalue weighted by molar-refractivity contribution is 0.521. The van der Waals surface area contributed by atoms with E-state index in [9.17, 15) is 13.0 Å². The summed E-state index contributed by atoms with van der Waals surface area (Å²) in [6, 6.07) is 13.6. The predicted molar refractivity (Wildman–Crippen MR) is 126 cm³/mol. The van der Waals surface area contributed by atoms with Gasteiger partial charge in [0.05, 0.1) is 16.8 Å². The molecule has 0 aliphatic heterocycles. The van der Waals surface area contributed by atoms with Gasteiger partial charge in [0.2, 0.25) is 16.0 Å². The average Bonchev–Trinajstić information content (AvgIpc) is 2.70. The number of hydrogen-bond acceptors (Lipinski definition) is 7. The molecule has 0 unspecified atom stereocenters. The molecule has 31 heavy (non-hydrogen) atoms. The van der Waals surface area contributed by atoms with Gasteiger partial charge in [-0.1, -0.05) is 29.8 Å². The van der Waals surface area contributed by atoms with Gasteiger partial charge >= 0.3 is 0 Å². The highest BCUT2D eigenvalue weighted by molar-refractivity contribution is 7.89. The largest absolute Gasteiger partial charge is 0.338 e. The second-order valence-corrected chi connectivity index (χ2v) is 13.1. The van der Waals surface area contributed by atoms with Crippen molar-refractivity contribution >= 4 is 57.2 Å². The van der Waals surface area contributed by atoms with Gasteiger partial charge in [-0.25, -0.2) is 17.7 Å². The maximum atomic E-state index is 12.6. The third kappa shape index (κ3) is 5.43. The third-order valence-electron chi connectivity index (χ3n) is 4.35. The molecular weight excluding hydrogens is 457 g/mol. The van der Waals surface area contributed by atoms with Crippen LogP contribution in [0.3, 0.4) is 0 Å². The molecule has 0 aliphatic rings. The molecule has 0 atom stereocenters. The summed E-state index contributed by atoms with van der Waals surface area (Å²) in [5.41, 5.74) is 1.14. The number of benzene rings is 2. The van der Waals surface area contributed by atoms with Gasteiger partial charge in [-0.05, 0) is 43.7 Å². The van der Waals surface area contributed by atoms with E-state index in [1.165, 1.54) is 32.4 Å². The minimum Gasteiger partial charge on any atom is -0.338 e. The number of halogens is 1. The zero-order valence-corrected chi connectivity index (χ0v) is 20.0. The molecule has 0 saturated heterocycles. The van der Waals surface area contributed by atoms with Crippen LogP contribution in [0.2, 0.25) is 5.02 Å². The molecule has 0 radical (unpaired) electrons. The topological polar surface area (TPSA) is 104 Å². The van der Waals surface area contributed by atoms with Crippen molar-refractivity contribution in [3.05, 3.63) is 59.8 Å². The first-order chi connectivity index (χ1) is 14.5. The lowest BCUT2D eigenvalue weighted by atomic mass is 10.3. The van der Waals surface area contributed by atoms with E-state index in [-0.39, 0.29) is 15.9 Å². The summed E-state index contributed by atoms with van der Waals surface area (Å²) in [5.74, 6) is 0.553. The van der Waals surface area contributed by atoms with Crippen LogP contribution in [-0.2, 0) is 14.6 Å². The molecule has 0 spiro atoms. The second kappa shape index (κ2) is 8.96. The van der Waals surface area contributed by atoms with Crippen molar-refractivity contribution in [3.63, 3.8) is 0 Å². The highest BCUT2D eigenvalue weighted by Crippen LogP contribution is 2.38. The van der Waals surface area contributed by atoms with Crippen molar-refractivity contribution in [2.75, 3.05) is 38.1 Å². The van der Waals surface area contributed by atoms with E-state index in [4.69, 9.17) is 11.6 Å². The minimum absolute atomic E-state index is 0.144. The second-order valence-electron chi connectivity index (χ2n) is 7.32. The number of anilines is 4. The van der Waals surface area contributed by atoms with Crippen molar-refractivity contribution in [2.45, 2.75) is 4.90 Å². The minimum atomic E-state index is -3.57. The van der Waals surface area contributed by atoms with Gasteiger partial charge in [-0.15, -0.1) is 0 Å². The SMILES string of the molecule is CN(C)S(=O)(=O)c1cccc(Nc2ncc(Cl)c(Nc3ccccc3P(C)(C)=O)n2)c1. The molecular formula is C20H23ClN5O3PS. The summed E-state index contributed by atoms with van der Waals surface area (Å²) in [7, 11) is -3.16. The average molecular weight is 480 g/mol. The van der Waals surface area contributed by atoms with E-state index >= 15 is 0 Å². The molecule has 0 saturated carbocycles. The molecule has 2 N–H and O–H groups in total. The molecule has 3 aromatic rings. The Bertz CT molecular complexity index is 1260. The Morgan fingerprint density at radius 3 is 2.42 bits per heavy atom. The lowest BCUT2D eigenvalue weighted by Gasteiger charge is -2.16. The first-order valence-electron chi connectivity index (χ1n) is 9.22. The van der Waals surface area contributed by atoms with E-state index in [2.05, 4.69) is 20.6 Å². The standard InChI is InChI=1S/C20H23ClN5O3PS/c1-26(2)31(28,29)15-9-7-8-14(12-15)23-20-22-13-16(21)19(25-20)24-17-10-5-6-11-18(17)30(3,4)27/h5-13H,1-4H3,(H2,22,23,24,25). The van der Waals surface area contributed by atoms with Crippen LogP contribution < -0.4 is 15.9 Å². The van der Waals surface area contributed by atoms with Crippen LogP contribution in [0.1, 0.15) is 0 Å². The third-order valence-corrected chi connectivity index (χ3v) is 7.99. The van der Waals surface area contributed by atoms with Crippen molar-refractivity contribution in [3.8, 4) is 0 Å². The summed E-state index contributed by atoms with van der Waals surface area (Å²) in [6.45, 7) is 3.38. The van der Waals surface area contributed by atoms with Gasteiger partial charge in [-0.2, -0.15) is 4.98 Å². The van der Waals surface area contributed by atoms with Gasteiger partial charge in [0, 0.05) is 25.1 Å². The van der Waals surface area contributed by atoms with Crippen LogP contribution in [0.25, 0.3) is 0 Å². The highest BCUT2D eigenvalue weighted by Gasteiger charge is 2.19. The molecule has 8 nitrogen and oxygen atoms in total. The number of para-hydroxylation sites is 1. The Morgan fingerprint density at radius 2 is 1.74 bits per heavy atom. The maximum absolute atomic E-state index is 12.6. The van der Waals surface area contributed by atoms with Crippen molar-refractivity contribution < 1.29 is 13.0 Å². The summed E-state index contributed by atoms with van der Waals surface area (Å²) in [4.78, 5) is 8.71. The fourth-order valence-electron chi connectivity index (χ4n) is 2.77. The Labute approximate surface area is 187 Å². The van der Waals surface area contributed by atoms with E-state index in [1.807, 2.05) is 12.1 Å². The van der Waals surface area contributed by atoms with Crippen molar-refractivity contribution in [1.82, 2.24) is 14.3 Å². The van der Waals surface area contributed by atoms with Crippen LogP contribution in [0.15, 0.2) is 59.6 Å². The smallest absolute Gasteiger partial charge is 0.242 e. The normalized spacial score (nSPS) is 12.1. The fourth-order valence-corrected chi connectivity index (χ4v) is 5.01. The quantitative estimate of drug-likeness (QED) is 0.491. The summed E-state index contributed by atoms with van der Waals surface area (Å²) in [6.07, 6.45) is 1.43. The molecule has 0 aliphatic carbocycles. The van der Waals surface area contributed by atoms with Crippen LogP contribution in [0.4, 0.5) is 23.1 Å². The van der Waals surface area contributed by atoms with Gasteiger partial charge in [0.1, 0.15) is 12.2 Å². The Hall–Kier alpha value is -2.45. The molecule has 0 bridgehead atoms. The summed E-state index contributed by atoms with van der Waals surface area (Å²) < 4.78 is 38.5. The number of nitrogens with zero attached hydrogens (tertiary/aromatic N) is 3. The molecule has 2 aromatic carbocycles. The number of rotatable bonds is 7. The molecule has 0 amide bonds. The zero-order chi connectivity index (χ0) is 22.8. The molecule has 1 heterocycles. The van der Waals surface area contributed by atoms with E-state index in [0.29, 0.717) is 22.5 Å². The zero-order valence-electron chi connectivity index (χ0n) is 17.5. The van der Waals surface area contributed by atoms with Crippen molar-refractivity contribution in [2.24, 2.45) is 0 Å². The number of aromatic nitrogens is 2. The van der Waals surface area contributed by atoms with E-state index in [1.54, 1.807) is 37.6 Å². The van der Waals surface area contributed by atoms with Crippen LogP contribution in [0, 0.1) is 0 Å². The monoisotopic (exact) mass is 479 g/mol. The lowest BCUT2D eigenvalue weighted by Crippen LogP contribution is -2.22. The van der Waals surface area contributed by atoms with Gasteiger partial charge < -0.3 is 15.2 Å². The van der Waals surface area contributed by atoms with Crippen LogP contribution >= 0.6 is 18.7 Å². The summed E-state index contributed by atoms with van der Waals surface area (Å²) in [5, 5.41) is 7.09. The fraction of sp³-hybridized carbons (Fsp3) is 0.200. The Morgan fingerprint density at radius 1 is 1.03 bits per heavy atom. The van der Waals surface area contributed by atoms with Gasteiger partial charge in [0.25, 0.3) is 0 Å². The molecule has 1 aromatic heterocycles. The highest BCUT2D eigenvalue weighted by atomic mass is 35.5. The molecule has 3 rings (SSSR count). The number of hydrogen-bond donors (Lipinski definition) is 2. The van der Waals surface area contributed by atoms with Gasteiger partial charge in [0.15, 0.2) is 5.82 Å².